The van der Waals surface area contributed by atoms with Gasteiger partial charge >= 0.3 is 0 Å². The van der Waals surface area contributed by atoms with Gasteiger partial charge in [0.15, 0.2) is 0 Å². The predicted octanol–water partition coefficient (Wildman–Crippen LogP) is 5.36. The topological polar surface area (TPSA) is 44.9 Å². The number of aromatic nitrogens is 1. The minimum absolute atomic E-state index is 0.0283. The standard InChI is InChI=1S/C18H15Br3N2O/c19-13-2-1-11(16(21)8-13)7-18(24)22-6-5-12-10-23-17-9-14(20)3-4-15(12)17/h1-4,8-10,23H,5-7H2,(H,22,24). The number of nitrogens with one attached hydrogen (secondary N) is 2. The van der Waals surface area contributed by atoms with Gasteiger partial charge in [-0.1, -0.05) is 59.9 Å². The van der Waals surface area contributed by atoms with Crippen LogP contribution in [0.15, 0.2) is 56.0 Å². The van der Waals surface area contributed by atoms with E-state index in [-0.39, 0.29) is 5.91 Å². The Kier molecular flexibility index (Phi) is 5.79. The molecule has 1 aromatic heterocycles. The highest BCUT2D eigenvalue weighted by Crippen LogP contribution is 2.23. The first kappa shape index (κ1) is 17.7. The molecule has 1 amide bonds. The van der Waals surface area contributed by atoms with Crippen LogP contribution in [-0.2, 0) is 17.6 Å². The lowest BCUT2D eigenvalue weighted by Crippen LogP contribution is -2.27. The third kappa shape index (κ3) is 4.29. The molecule has 3 aromatic rings. The first-order valence-electron chi connectivity index (χ1n) is 7.49. The van der Waals surface area contributed by atoms with Gasteiger partial charge in [-0.25, -0.2) is 0 Å². The van der Waals surface area contributed by atoms with E-state index in [1.807, 2.05) is 30.5 Å². The van der Waals surface area contributed by atoms with Crippen LogP contribution in [0.2, 0.25) is 0 Å². The molecule has 0 atom stereocenters. The number of aromatic amines is 1. The molecule has 0 aliphatic carbocycles. The van der Waals surface area contributed by atoms with Gasteiger partial charge in [0.05, 0.1) is 6.42 Å². The van der Waals surface area contributed by atoms with E-state index in [0.29, 0.717) is 13.0 Å². The summed E-state index contributed by atoms with van der Waals surface area (Å²) in [4.78, 5) is 15.4. The van der Waals surface area contributed by atoms with Crippen molar-refractivity contribution in [1.82, 2.24) is 10.3 Å². The highest BCUT2D eigenvalue weighted by molar-refractivity contribution is 9.11. The molecule has 2 N–H and O–H groups in total. The monoisotopic (exact) mass is 512 g/mol. The summed E-state index contributed by atoms with van der Waals surface area (Å²) in [6.45, 7) is 0.621. The molecule has 3 rings (SSSR count). The maximum Gasteiger partial charge on any atom is 0.224 e. The van der Waals surface area contributed by atoms with Gasteiger partial charge in [0.25, 0.3) is 0 Å². The normalized spacial score (nSPS) is 11.0. The molecule has 0 fully saturated rings. The molecular formula is C18H15Br3N2O. The van der Waals surface area contributed by atoms with Gasteiger partial charge in [-0.15, -0.1) is 0 Å². The third-order valence-corrected chi connectivity index (χ3v) is 5.54. The van der Waals surface area contributed by atoms with E-state index in [0.717, 1.165) is 30.9 Å². The summed E-state index contributed by atoms with van der Waals surface area (Å²) in [5, 5.41) is 4.19. The molecule has 2 aromatic carbocycles. The average Bonchev–Trinajstić information content (AvgIpc) is 2.92. The maximum atomic E-state index is 12.1. The van der Waals surface area contributed by atoms with Crippen LogP contribution in [0, 0.1) is 0 Å². The summed E-state index contributed by atoms with van der Waals surface area (Å²) in [6, 6.07) is 12.0. The Balaban J connectivity index is 1.56. The fourth-order valence-corrected chi connectivity index (χ4v) is 4.15. The Morgan fingerprint density at radius 2 is 1.75 bits per heavy atom. The van der Waals surface area contributed by atoms with Crippen molar-refractivity contribution in [3.63, 3.8) is 0 Å². The minimum atomic E-state index is 0.0283. The van der Waals surface area contributed by atoms with Gasteiger partial charge in [0.2, 0.25) is 5.91 Å². The summed E-state index contributed by atoms with van der Waals surface area (Å²) in [5.41, 5.74) is 3.29. The quantitative estimate of drug-likeness (QED) is 0.473. The molecule has 0 unspecified atom stereocenters. The molecule has 0 aliphatic heterocycles. The fraction of sp³-hybridized carbons (Fsp3) is 0.167. The van der Waals surface area contributed by atoms with E-state index in [1.54, 1.807) is 0 Å². The van der Waals surface area contributed by atoms with Crippen LogP contribution < -0.4 is 5.32 Å². The SMILES string of the molecule is O=C(Cc1ccc(Br)cc1Br)NCCc1c[nH]c2cc(Br)ccc12. The third-order valence-electron chi connectivity index (χ3n) is 3.81. The van der Waals surface area contributed by atoms with Crippen LogP contribution in [0.3, 0.4) is 0 Å². The lowest BCUT2D eigenvalue weighted by Gasteiger charge is -2.07. The van der Waals surface area contributed by atoms with Crippen molar-refractivity contribution in [2.75, 3.05) is 6.54 Å². The van der Waals surface area contributed by atoms with Gasteiger partial charge in [-0.3, -0.25) is 4.79 Å². The summed E-state index contributed by atoms with van der Waals surface area (Å²) in [5.74, 6) is 0.0283. The molecule has 0 radical (unpaired) electrons. The molecular weight excluding hydrogens is 500 g/mol. The van der Waals surface area contributed by atoms with E-state index < -0.39 is 0 Å². The van der Waals surface area contributed by atoms with Crippen molar-refractivity contribution in [2.45, 2.75) is 12.8 Å². The molecule has 24 heavy (non-hydrogen) atoms. The van der Waals surface area contributed by atoms with E-state index >= 15 is 0 Å². The highest BCUT2D eigenvalue weighted by atomic mass is 79.9. The molecule has 1 heterocycles. The lowest BCUT2D eigenvalue weighted by atomic mass is 10.1. The van der Waals surface area contributed by atoms with Crippen LogP contribution in [0.5, 0.6) is 0 Å². The predicted molar refractivity (Wildman–Crippen MR) is 108 cm³/mol. The van der Waals surface area contributed by atoms with Gasteiger partial charge < -0.3 is 10.3 Å². The van der Waals surface area contributed by atoms with Crippen LogP contribution in [-0.4, -0.2) is 17.4 Å². The number of carbonyl (C=O) groups is 1. The van der Waals surface area contributed by atoms with Crippen molar-refractivity contribution < 1.29 is 4.79 Å². The zero-order valence-corrected chi connectivity index (χ0v) is 17.5. The summed E-state index contributed by atoms with van der Waals surface area (Å²) < 4.78 is 2.98. The second kappa shape index (κ2) is 7.85. The Bertz CT molecular complexity index is 889. The molecule has 0 aliphatic rings. The molecule has 0 spiro atoms. The first-order chi connectivity index (χ1) is 11.5. The Labute approximate surface area is 165 Å². The van der Waals surface area contributed by atoms with E-state index in [9.17, 15) is 4.79 Å². The number of hydrogen-bond donors (Lipinski definition) is 2. The lowest BCUT2D eigenvalue weighted by molar-refractivity contribution is -0.120. The average molecular weight is 515 g/mol. The molecule has 0 saturated heterocycles. The highest BCUT2D eigenvalue weighted by Gasteiger charge is 2.08. The Morgan fingerprint density at radius 3 is 2.54 bits per heavy atom. The van der Waals surface area contributed by atoms with Gasteiger partial charge in [0.1, 0.15) is 0 Å². The number of fused-ring (bicyclic) bond motifs is 1. The Hall–Kier alpha value is -1.11. The fourth-order valence-electron chi connectivity index (χ4n) is 2.60. The van der Waals surface area contributed by atoms with E-state index in [2.05, 4.69) is 70.2 Å². The number of halogens is 3. The number of amides is 1. The minimum Gasteiger partial charge on any atom is -0.361 e. The van der Waals surface area contributed by atoms with Crippen LogP contribution >= 0.6 is 47.8 Å². The van der Waals surface area contributed by atoms with Crippen LogP contribution in [0.25, 0.3) is 10.9 Å². The van der Waals surface area contributed by atoms with Gasteiger partial charge in [0, 0.05) is 37.1 Å². The van der Waals surface area contributed by atoms with E-state index in [1.165, 1.54) is 10.9 Å². The number of benzene rings is 2. The molecule has 0 saturated carbocycles. The number of hydrogen-bond acceptors (Lipinski definition) is 1. The molecule has 124 valence electrons. The van der Waals surface area contributed by atoms with E-state index in [4.69, 9.17) is 0 Å². The van der Waals surface area contributed by atoms with Crippen molar-refractivity contribution in [3.05, 3.63) is 67.1 Å². The first-order valence-corrected chi connectivity index (χ1v) is 9.87. The molecule has 3 nitrogen and oxygen atoms in total. The molecule has 6 heteroatoms. The number of H-pyrrole nitrogens is 1. The Morgan fingerprint density at radius 1 is 1.00 bits per heavy atom. The molecule has 0 bridgehead atoms. The zero-order chi connectivity index (χ0) is 17.1. The van der Waals surface area contributed by atoms with Crippen molar-refractivity contribution >= 4 is 64.6 Å². The number of rotatable bonds is 5. The summed E-state index contributed by atoms with van der Waals surface area (Å²) in [7, 11) is 0. The summed E-state index contributed by atoms with van der Waals surface area (Å²) in [6.07, 6.45) is 3.18. The second-order valence-corrected chi connectivity index (χ2v) is 8.20. The van der Waals surface area contributed by atoms with Gasteiger partial charge in [-0.05, 0) is 41.8 Å². The van der Waals surface area contributed by atoms with Crippen molar-refractivity contribution in [2.24, 2.45) is 0 Å². The van der Waals surface area contributed by atoms with Crippen molar-refractivity contribution in [1.29, 1.82) is 0 Å². The van der Waals surface area contributed by atoms with Gasteiger partial charge in [-0.2, -0.15) is 0 Å². The van der Waals surface area contributed by atoms with Crippen molar-refractivity contribution in [3.8, 4) is 0 Å². The zero-order valence-electron chi connectivity index (χ0n) is 12.7. The smallest absolute Gasteiger partial charge is 0.224 e. The largest absolute Gasteiger partial charge is 0.361 e. The number of carbonyl (C=O) groups excluding carboxylic acids is 1. The summed E-state index contributed by atoms with van der Waals surface area (Å²) >= 11 is 10.4. The second-order valence-electron chi connectivity index (χ2n) is 5.52. The maximum absolute atomic E-state index is 12.1. The van der Waals surface area contributed by atoms with Crippen LogP contribution in [0.4, 0.5) is 0 Å². The van der Waals surface area contributed by atoms with Crippen LogP contribution in [0.1, 0.15) is 11.1 Å².